The molecule has 5 nitrogen and oxygen atoms in total. The summed E-state index contributed by atoms with van der Waals surface area (Å²) in [5.41, 5.74) is 3.81. The fourth-order valence-electron chi connectivity index (χ4n) is 2.63. The van der Waals surface area contributed by atoms with Crippen LogP contribution < -0.4 is 0 Å². The first-order chi connectivity index (χ1) is 11.6. The Hall–Kier alpha value is -2.95. The first kappa shape index (κ1) is 15.9. The molecule has 1 heterocycles. The predicted octanol–water partition coefficient (Wildman–Crippen LogP) is 3.41. The summed E-state index contributed by atoms with van der Waals surface area (Å²) in [6.45, 7) is 4.02. The summed E-state index contributed by atoms with van der Waals surface area (Å²) in [6, 6.07) is 15.6. The lowest BCUT2D eigenvalue weighted by Crippen LogP contribution is -2.29. The highest BCUT2D eigenvalue weighted by molar-refractivity contribution is 5.94. The third-order valence-corrected chi connectivity index (χ3v) is 4.23. The van der Waals surface area contributed by atoms with Gasteiger partial charge in [0.05, 0.1) is 11.7 Å². The van der Waals surface area contributed by atoms with E-state index < -0.39 is 0 Å². The third kappa shape index (κ3) is 3.20. The van der Waals surface area contributed by atoms with Crippen LogP contribution in [0, 0.1) is 6.92 Å². The molecular weight excluding hydrogens is 300 g/mol. The van der Waals surface area contributed by atoms with E-state index >= 15 is 0 Å². The topological polar surface area (TPSA) is 51.0 Å². The van der Waals surface area contributed by atoms with Crippen LogP contribution in [0.2, 0.25) is 0 Å². The van der Waals surface area contributed by atoms with E-state index in [0.717, 1.165) is 16.8 Å². The Kier molecular flexibility index (Phi) is 4.42. The number of hydrogen-bond acceptors (Lipinski definition) is 3. The van der Waals surface area contributed by atoms with E-state index in [0.29, 0.717) is 5.56 Å². The highest BCUT2D eigenvalue weighted by Crippen LogP contribution is 2.22. The summed E-state index contributed by atoms with van der Waals surface area (Å²) >= 11 is 0. The molecule has 122 valence electrons. The minimum atomic E-state index is -0.0252. The van der Waals surface area contributed by atoms with Gasteiger partial charge < -0.3 is 4.90 Å². The number of rotatable bonds is 4. The van der Waals surface area contributed by atoms with Gasteiger partial charge in [0.25, 0.3) is 5.91 Å². The molecule has 3 aromatic rings. The summed E-state index contributed by atoms with van der Waals surface area (Å²) in [5, 5.41) is 4.11. The second kappa shape index (κ2) is 6.66. The van der Waals surface area contributed by atoms with Crippen LogP contribution in [-0.2, 0) is 0 Å². The maximum Gasteiger partial charge on any atom is 0.254 e. The van der Waals surface area contributed by atoms with Gasteiger partial charge in [-0.3, -0.25) is 4.79 Å². The van der Waals surface area contributed by atoms with Crippen molar-refractivity contribution in [3.05, 3.63) is 77.9 Å². The first-order valence-corrected chi connectivity index (χ1v) is 7.85. The highest BCUT2D eigenvalue weighted by atomic mass is 16.2. The van der Waals surface area contributed by atoms with Crippen LogP contribution in [0.4, 0.5) is 0 Å². The molecule has 2 aromatic carbocycles. The molecule has 0 fully saturated rings. The van der Waals surface area contributed by atoms with Crippen molar-refractivity contribution in [1.29, 1.82) is 0 Å². The fourth-order valence-corrected chi connectivity index (χ4v) is 2.63. The van der Waals surface area contributed by atoms with E-state index in [1.165, 1.54) is 6.33 Å². The van der Waals surface area contributed by atoms with Crippen molar-refractivity contribution in [2.45, 2.75) is 19.9 Å². The van der Waals surface area contributed by atoms with Crippen molar-refractivity contribution in [3.63, 3.8) is 0 Å². The van der Waals surface area contributed by atoms with Gasteiger partial charge in [-0.1, -0.05) is 29.8 Å². The van der Waals surface area contributed by atoms with Crippen LogP contribution in [0.3, 0.4) is 0 Å². The molecule has 0 saturated heterocycles. The Bertz CT molecular complexity index is 825. The Morgan fingerprint density at radius 3 is 2.54 bits per heavy atom. The Balaban J connectivity index is 1.78. The predicted molar refractivity (Wildman–Crippen MR) is 93.0 cm³/mol. The first-order valence-electron chi connectivity index (χ1n) is 7.85. The Morgan fingerprint density at radius 2 is 1.92 bits per heavy atom. The Morgan fingerprint density at radius 1 is 1.17 bits per heavy atom. The van der Waals surface area contributed by atoms with Gasteiger partial charge in [-0.2, -0.15) is 5.10 Å². The van der Waals surface area contributed by atoms with Gasteiger partial charge in [-0.05, 0) is 43.7 Å². The van der Waals surface area contributed by atoms with Crippen molar-refractivity contribution in [2.24, 2.45) is 0 Å². The largest absolute Gasteiger partial charge is 0.335 e. The van der Waals surface area contributed by atoms with Crippen LogP contribution in [-0.4, -0.2) is 32.6 Å². The summed E-state index contributed by atoms with van der Waals surface area (Å²) in [6.07, 6.45) is 3.16. The van der Waals surface area contributed by atoms with E-state index in [1.54, 1.807) is 15.9 Å². The monoisotopic (exact) mass is 320 g/mol. The normalized spacial score (nSPS) is 12.0. The number of benzene rings is 2. The molecule has 0 bridgehead atoms. The molecule has 0 aliphatic carbocycles. The molecule has 0 N–H and O–H groups in total. The second-order valence-electron chi connectivity index (χ2n) is 5.89. The van der Waals surface area contributed by atoms with E-state index in [1.807, 2.05) is 69.4 Å². The fraction of sp³-hybridized carbons (Fsp3) is 0.211. The molecule has 0 spiro atoms. The molecule has 0 saturated carbocycles. The van der Waals surface area contributed by atoms with E-state index in [4.69, 9.17) is 0 Å². The standard InChI is InChI=1S/C19H20N4O/c1-14-5-4-6-17(11-14)19(24)22(3)15(2)16-7-9-18(10-8-16)23-13-20-12-21-23/h4-13,15H,1-3H3. The van der Waals surface area contributed by atoms with Gasteiger partial charge in [0, 0.05) is 12.6 Å². The van der Waals surface area contributed by atoms with Crippen LogP contribution in [0.5, 0.6) is 0 Å². The van der Waals surface area contributed by atoms with Crippen molar-refractivity contribution >= 4 is 5.91 Å². The van der Waals surface area contributed by atoms with Gasteiger partial charge >= 0.3 is 0 Å². The lowest BCUT2D eigenvalue weighted by atomic mass is 10.0. The number of carbonyl (C=O) groups excluding carboxylic acids is 1. The minimum Gasteiger partial charge on any atom is -0.335 e. The highest BCUT2D eigenvalue weighted by Gasteiger charge is 2.19. The molecule has 0 radical (unpaired) electrons. The lowest BCUT2D eigenvalue weighted by molar-refractivity contribution is 0.0742. The number of nitrogens with zero attached hydrogens (tertiary/aromatic N) is 4. The molecule has 5 heteroatoms. The number of carbonyl (C=O) groups is 1. The number of aryl methyl sites for hydroxylation is 1. The summed E-state index contributed by atoms with van der Waals surface area (Å²) in [7, 11) is 1.83. The molecule has 1 amide bonds. The van der Waals surface area contributed by atoms with Crippen LogP contribution >= 0.6 is 0 Å². The van der Waals surface area contributed by atoms with Gasteiger partial charge in [-0.15, -0.1) is 0 Å². The zero-order valence-electron chi connectivity index (χ0n) is 14.0. The summed E-state index contributed by atoms with van der Waals surface area (Å²) < 4.78 is 1.70. The third-order valence-electron chi connectivity index (χ3n) is 4.23. The van der Waals surface area contributed by atoms with Crippen LogP contribution in [0.1, 0.15) is 34.5 Å². The molecule has 0 aliphatic rings. The summed E-state index contributed by atoms with van der Waals surface area (Å²) in [4.78, 5) is 18.4. The van der Waals surface area contributed by atoms with Crippen molar-refractivity contribution < 1.29 is 4.79 Å². The molecular formula is C19H20N4O. The zero-order valence-corrected chi connectivity index (χ0v) is 14.0. The van der Waals surface area contributed by atoms with E-state index in [-0.39, 0.29) is 11.9 Å². The molecule has 0 aliphatic heterocycles. The number of amides is 1. The molecule has 1 atom stereocenters. The van der Waals surface area contributed by atoms with Gasteiger partial charge in [0.1, 0.15) is 12.7 Å². The molecule has 1 aromatic heterocycles. The molecule has 1 unspecified atom stereocenters. The Labute approximate surface area is 141 Å². The maximum atomic E-state index is 12.7. The van der Waals surface area contributed by atoms with Crippen LogP contribution in [0.25, 0.3) is 5.69 Å². The lowest BCUT2D eigenvalue weighted by Gasteiger charge is -2.25. The zero-order chi connectivity index (χ0) is 17.1. The maximum absolute atomic E-state index is 12.7. The van der Waals surface area contributed by atoms with Gasteiger partial charge in [-0.25, -0.2) is 9.67 Å². The molecule has 24 heavy (non-hydrogen) atoms. The van der Waals surface area contributed by atoms with Gasteiger partial charge in [0.2, 0.25) is 0 Å². The van der Waals surface area contributed by atoms with Crippen LogP contribution in [0.15, 0.2) is 61.2 Å². The van der Waals surface area contributed by atoms with Crippen molar-refractivity contribution in [3.8, 4) is 5.69 Å². The van der Waals surface area contributed by atoms with E-state index in [9.17, 15) is 4.79 Å². The molecule has 3 rings (SSSR count). The smallest absolute Gasteiger partial charge is 0.254 e. The second-order valence-corrected chi connectivity index (χ2v) is 5.89. The van der Waals surface area contributed by atoms with E-state index in [2.05, 4.69) is 10.1 Å². The van der Waals surface area contributed by atoms with Gasteiger partial charge in [0.15, 0.2) is 0 Å². The number of aromatic nitrogens is 3. The number of hydrogen-bond donors (Lipinski definition) is 0. The quantitative estimate of drug-likeness (QED) is 0.740. The van der Waals surface area contributed by atoms with Crippen molar-refractivity contribution in [2.75, 3.05) is 7.05 Å². The average Bonchev–Trinajstić information content (AvgIpc) is 3.14. The minimum absolute atomic E-state index is 0.0200. The summed E-state index contributed by atoms with van der Waals surface area (Å²) in [5.74, 6) is 0.0200. The van der Waals surface area contributed by atoms with Crippen molar-refractivity contribution in [1.82, 2.24) is 19.7 Å². The SMILES string of the molecule is Cc1cccc(C(=O)N(C)C(C)c2ccc(-n3cncn3)cc2)c1. The average molecular weight is 320 g/mol.